The number of rotatable bonds is 4. The smallest absolute Gasteiger partial charge is 0.101 e. The fourth-order valence-corrected chi connectivity index (χ4v) is 3.56. The molecule has 1 heterocycles. The fourth-order valence-electron chi connectivity index (χ4n) is 2.87. The maximum Gasteiger partial charge on any atom is 0.101 e. The SMILES string of the molecule is N#Cc1ccc(N2CC[C@H](NCc3ccc(Cl)cc3Cl)C2)cc1Cl. The molecule has 1 aliphatic heterocycles. The van der Waals surface area contributed by atoms with Gasteiger partial charge in [0.25, 0.3) is 0 Å². The summed E-state index contributed by atoms with van der Waals surface area (Å²) < 4.78 is 0. The van der Waals surface area contributed by atoms with Crippen molar-refractivity contribution in [3.05, 3.63) is 62.6 Å². The molecular formula is C18H16Cl3N3. The Kier molecular flexibility index (Phi) is 5.53. The Morgan fingerprint density at radius 2 is 1.96 bits per heavy atom. The van der Waals surface area contributed by atoms with Crippen LogP contribution in [0.3, 0.4) is 0 Å². The zero-order chi connectivity index (χ0) is 17.1. The van der Waals surface area contributed by atoms with E-state index in [1.54, 1.807) is 12.1 Å². The van der Waals surface area contributed by atoms with Crippen LogP contribution in [0, 0.1) is 11.3 Å². The van der Waals surface area contributed by atoms with E-state index in [4.69, 9.17) is 40.1 Å². The second-order valence-electron chi connectivity index (χ2n) is 5.82. The Balaban J connectivity index is 1.59. The molecule has 3 nitrogen and oxygen atoms in total. The molecule has 0 saturated carbocycles. The van der Waals surface area contributed by atoms with Crippen molar-refractivity contribution in [1.82, 2.24) is 5.32 Å². The van der Waals surface area contributed by atoms with Gasteiger partial charge in [-0.3, -0.25) is 0 Å². The second kappa shape index (κ2) is 7.63. The lowest BCUT2D eigenvalue weighted by atomic mass is 10.2. The van der Waals surface area contributed by atoms with Gasteiger partial charge in [-0.25, -0.2) is 0 Å². The van der Waals surface area contributed by atoms with Gasteiger partial charge in [-0.1, -0.05) is 40.9 Å². The Bertz CT molecular complexity index is 786. The molecule has 24 heavy (non-hydrogen) atoms. The van der Waals surface area contributed by atoms with Gasteiger partial charge in [0.05, 0.1) is 10.6 Å². The standard InChI is InChI=1S/C18H16Cl3N3/c19-14-3-1-13(17(20)7-14)10-23-15-5-6-24(11-15)16-4-2-12(9-22)18(21)8-16/h1-4,7-8,15,23H,5-6,10-11H2/t15-/m0/s1. The van der Waals surface area contributed by atoms with Crippen LogP contribution in [0.4, 0.5) is 5.69 Å². The molecule has 1 fully saturated rings. The number of benzene rings is 2. The van der Waals surface area contributed by atoms with Crippen LogP contribution in [-0.2, 0) is 6.54 Å². The Morgan fingerprint density at radius 1 is 1.12 bits per heavy atom. The molecule has 2 aromatic rings. The molecule has 0 spiro atoms. The average molecular weight is 381 g/mol. The Hall–Kier alpha value is -1.44. The molecule has 0 aromatic heterocycles. The summed E-state index contributed by atoms with van der Waals surface area (Å²) in [4.78, 5) is 2.27. The summed E-state index contributed by atoms with van der Waals surface area (Å²) in [5.74, 6) is 0. The molecule has 6 heteroatoms. The van der Waals surface area contributed by atoms with Crippen LogP contribution in [0.1, 0.15) is 17.5 Å². The van der Waals surface area contributed by atoms with E-state index in [2.05, 4.69) is 16.3 Å². The molecule has 0 unspecified atom stereocenters. The van der Waals surface area contributed by atoms with E-state index < -0.39 is 0 Å². The van der Waals surface area contributed by atoms with Crippen molar-refractivity contribution in [2.45, 2.75) is 19.0 Å². The maximum atomic E-state index is 8.96. The molecule has 0 bridgehead atoms. The normalized spacial score (nSPS) is 17.1. The van der Waals surface area contributed by atoms with E-state index in [0.29, 0.717) is 33.2 Å². The van der Waals surface area contributed by atoms with E-state index in [1.807, 2.05) is 24.3 Å². The number of nitriles is 1. The van der Waals surface area contributed by atoms with Gasteiger partial charge in [-0.15, -0.1) is 0 Å². The summed E-state index contributed by atoms with van der Waals surface area (Å²) in [6.07, 6.45) is 1.04. The molecule has 0 radical (unpaired) electrons. The highest BCUT2D eigenvalue weighted by Crippen LogP contribution is 2.26. The lowest BCUT2D eigenvalue weighted by Crippen LogP contribution is -2.32. The Labute approximate surface area is 156 Å². The van der Waals surface area contributed by atoms with Crippen LogP contribution in [0.25, 0.3) is 0 Å². The van der Waals surface area contributed by atoms with E-state index >= 15 is 0 Å². The van der Waals surface area contributed by atoms with Crippen molar-refractivity contribution in [2.75, 3.05) is 18.0 Å². The van der Waals surface area contributed by atoms with Gasteiger partial charge >= 0.3 is 0 Å². The van der Waals surface area contributed by atoms with Crippen LogP contribution in [-0.4, -0.2) is 19.1 Å². The molecule has 1 aliphatic rings. The highest BCUT2D eigenvalue weighted by atomic mass is 35.5. The zero-order valence-electron chi connectivity index (χ0n) is 12.9. The minimum Gasteiger partial charge on any atom is -0.370 e. The summed E-state index contributed by atoms with van der Waals surface area (Å²) in [5.41, 5.74) is 2.60. The largest absolute Gasteiger partial charge is 0.370 e. The van der Waals surface area contributed by atoms with E-state index in [0.717, 1.165) is 30.8 Å². The molecule has 3 rings (SSSR count). The van der Waals surface area contributed by atoms with Crippen molar-refractivity contribution in [2.24, 2.45) is 0 Å². The predicted octanol–water partition coefficient (Wildman–Crippen LogP) is 4.89. The van der Waals surface area contributed by atoms with Crippen LogP contribution >= 0.6 is 34.8 Å². The number of hydrogen-bond donors (Lipinski definition) is 1. The predicted molar refractivity (Wildman–Crippen MR) is 100 cm³/mol. The summed E-state index contributed by atoms with van der Waals surface area (Å²) in [6.45, 7) is 2.56. The van der Waals surface area contributed by atoms with Gasteiger partial charge in [-0.05, 0) is 42.3 Å². The van der Waals surface area contributed by atoms with Gasteiger partial charge in [0.1, 0.15) is 6.07 Å². The number of nitrogens with one attached hydrogen (secondary N) is 1. The topological polar surface area (TPSA) is 39.1 Å². The van der Waals surface area contributed by atoms with Crippen LogP contribution in [0.5, 0.6) is 0 Å². The van der Waals surface area contributed by atoms with Crippen molar-refractivity contribution in [3.63, 3.8) is 0 Å². The number of hydrogen-bond acceptors (Lipinski definition) is 3. The average Bonchev–Trinajstić information content (AvgIpc) is 3.03. The lowest BCUT2D eigenvalue weighted by Gasteiger charge is -2.20. The zero-order valence-corrected chi connectivity index (χ0v) is 15.2. The summed E-state index contributed by atoms with van der Waals surface area (Å²) in [6, 6.07) is 13.6. The van der Waals surface area contributed by atoms with Crippen molar-refractivity contribution >= 4 is 40.5 Å². The molecule has 0 amide bonds. The molecule has 1 N–H and O–H groups in total. The van der Waals surface area contributed by atoms with Crippen molar-refractivity contribution in [1.29, 1.82) is 5.26 Å². The molecule has 1 atom stereocenters. The number of halogens is 3. The first-order valence-electron chi connectivity index (χ1n) is 7.68. The van der Waals surface area contributed by atoms with Gasteiger partial charge in [-0.2, -0.15) is 5.26 Å². The minimum absolute atomic E-state index is 0.381. The minimum atomic E-state index is 0.381. The molecule has 124 valence electrons. The lowest BCUT2D eigenvalue weighted by molar-refractivity contribution is 0.551. The fraction of sp³-hybridized carbons (Fsp3) is 0.278. The molecular weight excluding hydrogens is 365 g/mol. The number of nitrogens with zero attached hydrogens (tertiary/aromatic N) is 2. The maximum absolute atomic E-state index is 8.96. The highest BCUT2D eigenvalue weighted by molar-refractivity contribution is 6.35. The summed E-state index contributed by atoms with van der Waals surface area (Å²) in [7, 11) is 0. The number of anilines is 1. The van der Waals surface area contributed by atoms with Crippen LogP contribution in [0.2, 0.25) is 15.1 Å². The first-order chi connectivity index (χ1) is 11.6. The van der Waals surface area contributed by atoms with E-state index in [1.165, 1.54) is 0 Å². The van der Waals surface area contributed by atoms with E-state index in [9.17, 15) is 0 Å². The van der Waals surface area contributed by atoms with Crippen LogP contribution in [0.15, 0.2) is 36.4 Å². The van der Waals surface area contributed by atoms with Gasteiger partial charge < -0.3 is 10.2 Å². The first kappa shape index (κ1) is 17.4. The van der Waals surface area contributed by atoms with Crippen molar-refractivity contribution < 1.29 is 0 Å². The monoisotopic (exact) mass is 379 g/mol. The quantitative estimate of drug-likeness (QED) is 0.821. The van der Waals surface area contributed by atoms with Gasteiger partial charge in [0, 0.05) is 41.4 Å². The first-order valence-corrected chi connectivity index (χ1v) is 8.82. The highest BCUT2D eigenvalue weighted by Gasteiger charge is 2.23. The third-order valence-corrected chi connectivity index (χ3v) is 5.12. The third kappa shape index (κ3) is 3.96. The van der Waals surface area contributed by atoms with Crippen LogP contribution < -0.4 is 10.2 Å². The Morgan fingerprint density at radius 3 is 2.67 bits per heavy atom. The third-order valence-electron chi connectivity index (χ3n) is 4.22. The summed E-state index contributed by atoms with van der Waals surface area (Å²) in [5, 5.41) is 14.3. The van der Waals surface area contributed by atoms with Crippen molar-refractivity contribution in [3.8, 4) is 6.07 Å². The summed E-state index contributed by atoms with van der Waals surface area (Å²) >= 11 is 18.3. The molecule has 1 saturated heterocycles. The second-order valence-corrected chi connectivity index (χ2v) is 7.08. The van der Waals surface area contributed by atoms with Gasteiger partial charge in [0.2, 0.25) is 0 Å². The molecule has 0 aliphatic carbocycles. The van der Waals surface area contributed by atoms with E-state index in [-0.39, 0.29) is 0 Å². The molecule has 2 aromatic carbocycles. The van der Waals surface area contributed by atoms with Gasteiger partial charge in [0.15, 0.2) is 0 Å².